The Morgan fingerprint density at radius 3 is 2.81 bits per heavy atom. The van der Waals surface area contributed by atoms with Crippen LogP contribution in [0.4, 0.5) is 0 Å². The quantitative estimate of drug-likeness (QED) is 0.591. The van der Waals surface area contributed by atoms with Gasteiger partial charge in [0.1, 0.15) is 11.5 Å². The summed E-state index contributed by atoms with van der Waals surface area (Å²) in [5.41, 5.74) is 3.08. The summed E-state index contributed by atoms with van der Waals surface area (Å²) in [4.78, 5) is 12.3. The number of nitrogens with one attached hydrogen (secondary N) is 2. The number of hydrogen-bond acceptors (Lipinski definition) is 6. The summed E-state index contributed by atoms with van der Waals surface area (Å²) in [6, 6.07) is 6.92. The number of aromatic amines is 1. The number of ether oxygens (including phenoxy) is 2. The maximum atomic E-state index is 12.3. The molecule has 1 aromatic carbocycles. The van der Waals surface area contributed by atoms with Crippen LogP contribution in [0, 0.1) is 6.92 Å². The Hall–Kier alpha value is -3.29. The number of aryl methyl sites for hydroxylation is 2. The molecule has 2 N–H and O–H groups in total. The van der Waals surface area contributed by atoms with Gasteiger partial charge in [-0.15, -0.1) is 0 Å². The predicted octanol–water partition coefficient (Wildman–Crippen LogP) is 2.75. The van der Waals surface area contributed by atoms with Crippen molar-refractivity contribution in [3.63, 3.8) is 0 Å². The summed E-state index contributed by atoms with van der Waals surface area (Å²) in [6.07, 6.45) is 3.46. The van der Waals surface area contributed by atoms with Crippen LogP contribution in [-0.2, 0) is 6.42 Å². The molecule has 0 atom stereocenters. The molecule has 0 spiro atoms. The first-order valence-corrected chi connectivity index (χ1v) is 8.58. The molecule has 0 bridgehead atoms. The number of aromatic nitrogens is 3. The van der Waals surface area contributed by atoms with Crippen LogP contribution >= 0.6 is 0 Å². The lowest BCUT2D eigenvalue weighted by Gasteiger charge is -2.07. The van der Waals surface area contributed by atoms with E-state index in [0.717, 1.165) is 24.1 Å². The molecule has 2 heterocycles. The fraction of sp³-hybridized carbons (Fsp3) is 0.316. The molecule has 2 aromatic heterocycles. The second-order valence-electron chi connectivity index (χ2n) is 6.02. The van der Waals surface area contributed by atoms with E-state index in [4.69, 9.17) is 14.0 Å². The van der Waals surface area contributed by atoms with Gasteiger partial charge in [0.05, 0.1) is 26.0 Å². The van der Waals surface area contributed by atoms with E-state index in [1.807, 2.05) is 13.1 Å². The highest BCUT2D eigenvalue weighted by Gasteiger charge is 2.17. The minimum atomic E-state index is -0.282. The Balaban J connectivity index is 1.61. The topological polar surface area (TPSA) is 102 Å². The molecule has 8 heteroatoms. The summed E-state index contributed by atoms with van der Waals surface area (Å²) >= 11 is 0. The highest BCUT2D eigenvalue weighted by molar-refractivity contribution is 5.93. The van der Waals surface area contributed by atoms with Crippen molar-refractivity contribution in [2.75, 3.05) is 20.8 Å². The van der Waals surface area contributed by atoms with E-state index < -0.39 is 0 Å². The fourth-order valence-corrected chi connectivity index (χ4v) is 2.71. The molecule has 0 fully saturated rings. The number of carbonyl (C=O) groups is 1. The number of amides is 1. The van der Waals surface area contributed by atoms with Gasteiger partial charge < -0.3 is 19.3 Å². The molecule has 27 heavy (non-hydrogen) atoms. The van der Waals surface area contributed by atoms with E-state index in [2.05, 4.69) is 20.7 Å². The normalized spacial score (nSPS) is 10.6. The minimum absolute atomic E-state index is 0.217. The SMILES string of the molecule is COc1ccc(OC)c(-c2cc(C(=O)NCCCc3cn[nH]c3C)no2)c1. The van der Waals surface area contributed by atoms with Crippen molar-refractivity contribution in [3.8, 4) is 22.8 Å². The van der Waals surface area contributed by atoms with Gasteiger partial charge in [-0.2, -0.15) is 5.10 Å². The Morgan fingerprint density at radius 2 is 2.11 bits per heavy atom. The van der Waals surface area contributed by atoms with Gasteiger partial charge in [0.25, 0.3) is 5.91 Å². The largest absolute Gasteiger partial charge is 0.497 e. The van der Waals surface area contributed by atoms with Crippen LogP contribution in [0.5, 0.6) is 11.5 Å². The molecule has 0 unspecified atom stereocenters. The maximum absolute atomic E-state index is 12.3. The van der Waals surface area contributed by atoms with Crippen LogP contribution in [0.2, 0.25) is 0 Å². The van der Waals surface area contributed by atoms with Crippen molar-refractivity contribution in [1.29, 1.82) is 0 Å². The van der Waals surface area contributed by atoms with Crippen LogP contribution < -0.4 is 14.8 Å². The van der Waals surface area contributed by atoms with E-state index >= 15 is 0 Å². The summed E-state index contributed by atoms with van der Waals surface area (Å²) < 4.78 is 15.9. The van der Waals surface area contributed by atoms with E-state index in [-0.39, 0.29) is 11.6 Å². The van der Waals surface area contributed by atoms with Gasteiger partial charge in [0.15, 0.2) is 11.5 Å². The molecule has 0 saturated carbocycles. The molecule has 1 amide bonds. The molecule has 0 saturated heterocycles. The number of H-pyrrole nitrogens is 1. The smallest absolute Gasteiger partial charge is 0.273 e. The first-order valence-electron chi connectivity index (χ1n) is 8.58. The Bertz CT molecular complexity index is 916. The minimum Gasteiger partial charge on any atom is -0.497 e. The van der Waals surface area contributed by atoms with E-state index in [9.17, 15) is 4.79 Å². The molecular formula is C19H22N4O4. The van der Waals surface area contributed by atoms with E-state index in [1.54, 1.807) is 38.5 Å². The zero-order valence-corrected chi connectivity index (χ0v) is 15.5. The number of methoxy groups -OCH3 is 2. The summed E-state index contributed by atoms with van der Waals surface area (Å²) in [5.74, 6) is 1.41. The Labute approximate surface area is 156 Å². The van der Waals surface area contributed by atoms with Gasteiger partial charge in [-0.25, -0.2) is 0 Å². The van der Waals surface area contributed by atoms with Gasteiger partial charge in [0, 0.05) is 18.3 Å². The van der Waals surface area contributed by atoms with Crippen LogP contribution in [0.15, 0.2) is 35.0 Å². The fourth-order valence-electron chi connectivity index (χ4n) is 2.71. The van der Waals surface area contributed by atoms with Crippen LogP contribution in [-0.4, -0.2) is 42.0 Å². The molecule has 0 aliphatic heterocycles. The molecule has 3 aromatic rings. The first kappa shape index (κ1) is 18.5. The average molecular weight is 370 g/mol. The zero-order chi connectivity index (χ0) is 19.2. The van der Waals surface area contributed by atoms with Gasteiger partial charge in [-0.05, 0) is 43.5 Å². The third-order valence-corrected chi connectivity index (χ3v) is 4.26. The summed E-state index contributed by atoms with van der Waals surface area (Å²) in [5, 5.41) is 13.6. The van der Waals surface area contributed by atoms with Crippen molar-refractivity contribution in [3.05, 3.63) is 47.4 Å². The Kier molecular flexibility index (Phi) is 5.75. The molecule has 3 rings (SSSR count). The molecule has 8 nitrogen and oxygen atoms in total. The molecule has 0 aliphatic carbocycles. The van der Waals surface area contributed by atoms with Crippen molar-refractivity contribution in [2.24, 2.45) is 0 Å². The first-order chi connectivity index (χ1) is 13.1. The van der Waals surface area contributed by atoms with Gasteiger partial charge in [0.2, 0.25) is 0 Å². The number of rotatable bonds is 8. The van der Waals surface area contributed by atoms with E-state index in [1.165, 1.54) is 0 Å². The van der Waals surface area contributed by atoms with Gasteiger partial charge in [-0.1, -0.05) is 5.16 Å². The third-order valence-electron chi connectivity index (χ3n) is 4.26. The number of carbonyl (C=O) groups excluding carboxylic acids is 1. The summed E-state index contributed by atoms with van der Waals surface area (Å²) in [6.45, 7) is 2.51. The monoisotopic (exact) mass is 370 g/mol. The average Bonchev–Trinajstić information content (AvgIpc) is 3.34. The van der Waals surface area contributed by atoms with Crippen LogP contribution in [0.25, 0.3) is 11.3 Å². The second-order valence-corrected chi connectivity index (χ2v) is 6.02. The zero-order valence-electron chi connectivity index (χ0n) is 15.5. The lowest BCUT2D eigenvalue weighted by Crippen LogP contribution is -2.25. The standard InChI is InChI=1S/C19H22N4O4/c1-12-13(11-21-22-12)5-4-8-20-19(24)16-10-18(27-23-16)15-9-14(25-2)6-7-17(15)26-3/h6-7,9-11H,4-5,8H2,1-3H3,(H,20,24)(H,21,22). The van der Waals surface area contributed by atoms with Crippen molar-refractivity contribution in [2.45, 2.75) is 19.8 Å². The number of hydrogen-bond donors (Lipinski definition) is 2. The molecule has 142 valence electrons. The number of benzene rings is 1. The van der Waals surface area contributed by atoms with Crippen molar-refractivity contribution < 1.29 is 18.8 Å². The molecular weight excluding hydrogens is 348 g/mol. The third kappa shape index (κ3) is 4.28. The number of nitrogens with zero attached hydrogens (tertiary/aromatic N) is 2. The highest BCUT2D eigenvalue weighted by atomic mass is 16.5. The predicted molar refractivity (Wildman–Crippen MR) is 99.0 cm³/mol. The Morgan fingerprint density at radius 1 is 1.26 bits per heavy atom. The second kappa shape index (κ2) is 8.39. The van der Waals surface area contributed by atoms with Crippen LogP contribution in [0.1, 0.15) is 28.2 Å². The lowest BCUT2D eigenvalue weighted by atomic mass is 10.1. The lowest BCUT2D eigenvalue weighted by molar-refractivity contribution is 0.0944. The molecule has 0 radical (unpaired) electrons. The molecule has 0 aliphatic rings. The van der Waals surface area contributed by atoms with E-state index in [0.29, 0.717) is 29.4 Å². The summed E-state index contributed by atoms with van der Waals surface area (Å²) in [7, 11) is 3.15. The highest BCUT2D eigenvalue weighted by Crippen LogP contribution is 2.33. The maximum Gasteiger partial charge on any atom is 0.273 e. The van der Waals surface area contributed by atoms with Gasteiger partial charge >= 0.3 is 0 Å². The van der Waals surface area contributed by atoms with Crippen LogP contribution in [0.3, 0.4) is 0 Å². The van der Waals surface area contributed by atoms with Crippen molar-refractivity contribution >= 4 is 5.91 Å². The van der Waals surface area contributed by atoms with Gasteiger partial charge in [-0.3, -0.25) is 9.89 Å². The van der Waals surface area contributed by atoms with Crippen molar-refractivity contribution in [1.82, 2.24) is 20.7 Å².